The zero-order chi connectivity index (χ0) is 36.7. The van der Waals surface area contributed by atoms with Gasteiger partial charge in [0.05, 0.1) is 5.54 Å². The second-order valence-corrected chi connectivity index (χ2v) is 19.0. The predicted molar refractivity (Wildman–Crippen MR) is 229 cm³/mol. The minimum absolute atomic E-state index is 0.0165. The average Bonchev–Trinajstić information content (AvgIpc) is 3.36. The predicted octanol–water partition coefficient (Wildman–Crippen LogP) is 12.1. The number of fused-ring (bicyclic) bond motifs is 8. The van der Waals surface area contributed by atoms with Crippen molar-refractivity contribution in [1.82, 2.24) is 0 Å². The Bertz CT molecular complexity index is 2470. The van der Waals surface area contributed by atoms with Crippen LogP contribution in [0.1, 0.15) is 97.8 Å². The lowest BCUT2D eigenvalue weighted by atomic mass is 9.43. The third-order valence-electron chi connectivity index (χ3n) is 13.9. The molecular formula is C50H51BN2. The summed E-state index contributed by atoms with van der Waals surface area (Å²) in [7, 11) is 0. The number of hydrogen-bond donors (Lipinski definition) is 0. The Labute approximate surface area is 317 Å². The lowest BCUT2D eigenvalue weighted by Gasteiger charge is -2.53. The van der Waals surface area contributed by atoms with Crippen LogP contribution in [-0.4, -0.2) is 12.4 Å². The van der Waals surface area contributed by atoms with Gasteiger partial charge in [0, 0.05) is 33.7 Å². The third kappa shape index (κ3) is 4.52. The van der Waals surface area contributed by atoms with Gasteiger partial charge in [-0.3, -0.25) is 0 Å². The minimum Gasteiger partial charge on any atom is -0.376 e. The van der Waals surface area contributed by atoms with Crippen molar-refractivity contribution in [1.29, 1.82) is 0 Å². The fourth-order valence-electron chi connectivity index (χ4n) is 10.6. The van der Waals surface area contributed by atoms with Crippen molar-refractivity contribution in [2.45, 2.75) is 103 Å². The van der Waals surface area contributed by atoms with E-state index in [1.54, 1.807) is 5.56 Å². The number of rotatable bonds is 2. The standard InChI is InChI=1S/C50H51BN2/c1-47(2,3)36-20-22-38(23-21-36)53-43-28-34-19-13-12-18-33(34)26-39(43)40-27-35(32-16-10-9-11-17-32)29-44-45(40)51(53)42-31-37(48(4,5)6)30-41-46(42)52(44)50(8)25-15-14-24-49(41,50)7/h9-13,16-23,26-31H,14-15,24-25H2,1-8H3. The van der Waals surface area contributed by atoms with Crippen LogP contribution < -0.4 is 20.6 Å². The summed E-state index contributed by atoms with van der Waals surface area (Å²) >= 11 is 0. The fraction of sp³-hybridized carbons (Fsp3) is 0.320. The van der Waals surface area contributed by atoms with E-state index >= 15 is 0 Å². The van der Waals surface area contributed by atoms with Crippen molar-refractivity contribution in [3.8, 4) is 22.3 Å². The van der Waals surface area contributed by atoms with Gasteiger partial charge in [0.2, 0.25) is 0 Å². The first-order valence-electron chi connectivity index (χ1n) is 19.9. The number of nitrogens with zero attached hydrogens (tertiary/aromatic N) is 2. The van der Waals surface area contributed by atoms with E-state index in [1.807, 2.05) is 0 Å². The highest BCUT2D eigenvalue weighted by atomic mass is 15.3. The molecule has 2 unspecified atom stereocenters. The van der Waals surface area contributed by atoms with Crippen LogP contribution in [0.3, 0.4) is 0 Å². The maximum absolute atomic E-state index is 2.87. The Morgan fingerprint density at radius 2 is 1.25 bits per heavy atom. The van der Waals surface area contributed by atoms with Gasteiger partial charge in [0.1, 0.15) is 0 Å². The summed E-state index contributed by atoms with van der Waals surface area (Å²) in [6.45, 7) is 19.4. The summed E-state index contributed by atoms with van der Waals surface area (Å²) in [5.41, 5.74) is 18.1. The molecule has 0 radical (unpaired) electrons. The number of anilines is 4. The number of benzene rings is 6. The summed E-state index contributed by atoms with van der Waals surface area (Å²) in [6, 6.07) is 44.8. The van der Waals surface area contributed by atoms with E-state index in [9.17, 15) is 0 Å². The van der Waals surface area contributed by atoms with Crippen LogP contribution in [0.5, 0.6) is 0 Å². The third-order valence-corrected chi connectivity index (χ3v) is 13.9. The van der Waals surface area contributed by atoms with E-state index in [4.69, 9.17) is 0 Å². The number of hydrogen-bond acceptors (Lipinski definition) is 2. The van der Waals surface area contributed by atoms with Crippen LogP contribution in [-0.2, 0) is 16.2 Å². The van der Waals surface area contributed by atoms with Crippen molar-refractivity contribution < 1.29 is 0 Å². The van der Waals surface area contributed by atoms with E-state index in [2.05, 4.69) is 180 Å². The van der Waals surface area contributed by atoms with Gasteiger partial charge in [-0.15, -0.1) is 0 Å². The Hall–Kier alpha value is -4.76. The van der Waals surface area contributed by atoms with Gasteiger partial charge in [-0.1, -0.05) is 140 Å². The van der Waals surface area contributed by atoms with Gasteiger partial charge in [0.15, 0.2) is 0 Å². The van der Waals surface area contributed by atoms with Gasteiger partial charge in [-0.05, 0) is 122 Å². The summed E-state index contributed by atoms with van der Waals surface area (Å²) < 4.78 is 0. The summed E-state index contributed by atoms with van der Waals surface area (Å²) in [5.74, 6) is 0. The van der Waals surface area contributed by atoms with Gasteiger partial charge in [-0.25, -0.2) is 0 Å². The molecule has 6 aromatic carbocycles. The first kappa shape index (κ1) is 32.9. The van der Waals surface area contributed by atoms with Gasteiger partial charge in [-0.2, -0.15) is 0 Å². The minimum atomic E-state index is -0.0320. The lowest BCUT2D eigenvalue weighted by Crippen LogP contribution is -2.64. The van der Waals surface area contributed by atoms with Crippen LogP contribution in [0.15, 0.2) is 115 Å². The highest BCUT2D eigenvalue weighted by molar-refractivity contribution is 6.93. The van der Waals surface area contributed by atoms with Crippen LogP contribution in [0.4, 0.5) is 22.7 Å². The summed E-state index contributed by atoms with van der Waals surface area (Å²) in [6.07, 6.45) is 4.96. The maximum Gasteiger partial charge on any atom is 0.333 e. The molecule has 2 atom stereocenters. The van der Waals surface area contributed by atoms with Crippen molar-refractivity contribution in [2.75, 3.05) is 9.71 Å². The topological polar surface area (TPSA) is 6.48 Å². The van der Waals surface area contributed by atoms with E-state index in [1.165, 1.54) is 104 Å². The maximum atomic E-state index is 2.87. The molecule has 1 saturated carbocycles. The van der Waals surface area contributed by atoms with E-state index < -0.39 is 0 Å². The van der Waals surface area contributed by atoms with Gasteiger partial charge < -0.3 is 9.71 Å². The molecular weight excluding hydrogens is 639 g/mol. The molecule has 6 aromatic rings. The molecule has 0 amide bonds. The van der Waals surface area contributed by atoms with Crippen LogP contribution in [0.2, 0.25) is 0 Å². The molecule has 264 valence electrons. The molecule has 3 heteroatoms. The first-order chi connectivity index (χ1) is 25.3. The van der Waals surface area contributed by atoms with E-state index in [-0.39, 0.29) is 28.6 Å². The smallest absolute Gasteiger partial charge is 0.333 e. The molecule has 1 fully saturated rings. The molecule has 0 bridgehead atoms. The fourth-order valence-corrected chi connectivity index (χ4v) is 10.6. The van der Waals surface area contributed by atoms with Crippen LogP contribution in [0, 0.1) is 0 Å². The Kier molecular flexibility index (Phi) is 6.76. The molecule has 2 nitrogen and oxygen atoms in total. The molecule has 0 saturated heterocycles. The largest absolute Gasteiger partial charge is 0.376 e. The first-order valence-corrected chi connectivity index (χ1v) is 19.9. The zero-order valence-electron chi connectivity index (χ0n) is 32.8. The van der Waals surface area contributed by atoms with Crippen molar-refractivity contribution in [3.63, 3.8) is 0 Å². The molecule has 0 N–H and O–H groups in total. The summed E-state index contributed by atoms with van der Waals surface area (Å²) in [4.78, 5) is 5.59. The SMILES string of the molecule is CC(C)(C)c1ccc(N2B3c4cc(C(C)(C)C)cc5c4N(c4cc(-c6ccccc6)cc(c43)-c3cc4ccccc4cc32)C2(C)CCCCC52C)cc1. The monoisotopic (exact) mass is 690 g/mol. The molecule has 10 rings (SSSR count). The molecule has 1 aliphatic carbocycles. The van der Waals surface area contributed by atoms with E-state index in [0.29, 0.717) is 0 Å². The summed E-state index contributed by atoms with van der Waals surface area (Å²) in [5, 5.41) is 2.57. The van der Waals surface area contributed by atoms with Crippen molar-refractivity contribution in [3.05, 3.63) is 132 Å². The van der Waals surface area contributed by atoms with E-state index in [0.717, 1.165) is 0 Å². The molecule has 3 heterocycles. The zero-order valence-corrected chi connectivity index (χ0v) is 32.8. The lowest BCUT2D eigenvalue weighted by molar-refractivity contribution is 0.195. The Morgan fingerprint density at radius 3 is 1.94 bits per heavy atom. The Morgan fingerprint density at radius 1 is 0.585 bits per heavy atom. The quantitative estimate of drug-likeness (QED) is 0.167. The van der Waals surface area contributed by atoms with Crippen LogP contribution >= 0.6 is 0 Å². The highest BCUT2D eigenvalue weighted by Gasteiger charge is 2.62. The van der Waals surface area contributed by atoms with Crippen molar-refractivity contribution >= 4 is 51.3 Å². The van der Waals surface area contributed by atoms with Gasteiger partial charge in [0.25, 0.3) is 0 Å². The second-order valence-electron chi connectivity index (χ2n) is 19.0. The van der Waals surface area contributed by atoms with Gasteiger partial charge >= 0.3 is 6.85 Å². The average molecular weight is 691 g/mol. The van der Waals surface area contributed by atoms with Crippen LogP contribution in [0.25, 0.3) is 33.0 Å². The molecule has 0 spiro atoms. The molecule has 3 aliphatic heterocycles. The Balaban J connectivity index is 1.37. The molecule has 0 aromatic heterocycles. The molecule has 4 aliphatic rings. The second kappa shape index (κ2) is 10.9. The normalized spacial score (nSPS) is 21.3. The molecule has 53 heavy (non-hydrogen) atoms. The highest BCUT2D eigenvalue weighted by Crippen LogP contribution is 2.62. The van der Waals surface area contributed by atoms with Crippen molar-refractivity contribution in [2.24, 2.45) is 0 Å².